The maximum atomic E-state index is 11.3. The Morgan fingerprint density at radius 2 is 1.96 bits per heavy atom. The van der Waals surface area contributed by atoms with Crippen LogP contribution in [0.5, 0.6) is 0 Å². The van der Waals surface area contributed by atoms with Crippen molar-refractivity contribution in [2.75, 3.05) is 38.6 Å². The minimum atomic E-state index is -0.418. The van der Waals surface area contributed by atoms with Crippen molar-refractivity contribution in [3.63, 3.8) is 0 Å². The summed E-state index contributed by atoms with van der Waals surface area (Å²) >= 11 is 0. The van der Waals surface area contributed by atoms with Crippen LogP contribution in [0.1, 0.15) is 30.3 Å². The predicted octanol–water partition coefficient (Wildman–Crippen LogP) is 0.627. The van der Waals surface area contributed by atoms with Crippen LogP contribution in [0, 0.1) is 0 Å². The van der Waals surface area contributed by atoms with E-state index < -0.39 is 5.91 Å². The highest BCUT2D eigenvalue weighted by Crippen LogP contribution is 2.30. The topological polar surface area (TPSA) is 93.2 Å². The first-order chi connectivity index (χ1) is 12.5. The molecule has 0 unspecified atom stereocenters. The summed E-state index contributed by atoms with van der Waals surface area (Å²) in [6, 6.07) is 4.41. The number of likely N-dealkylation sites (tertiary alicyclic amines) is 1. The molecule has 2 aromatic rings. The van der Waals surface area contributed by atoms with Crippen molar-refractivity contribution in [3.05, 3.63) is 23.5 Å². The van der Waals surface area contributed by atoms with Crippen molar-refractivity contribution in [1.29, 1.82) is 0 Å². The Kier molecular flexibility index (Phi) is 4.36. The van der Waals surface area contributed by atoms with Gasteiger partial charge in [0.15, 0.2) is 11.6 Å². The van der Waals surface area contributed by atoms with Crippen molar-refractivity contribution >= 4 is 11.7 Å². The molecule has 0 aliphatic carbocycles. The van der Waals surface area contributed by atoms with E-state index in [4.69, 9.17) is 10.7 Å². The van der Waals surface area contributed by atoms with Gasteiger partial charge in [0.05, 0.1) is 12.5 Å². The summed E-state index contributed by atoms with van der Waals surface area (Å²) in [5.41, 5.74) is 7.42. The third kappa shape index (κ3) is 3.16. The molecule has 0 radical (unpaired) electrons. The zero-order valence-electron chi connectivity index (χ0n) is 15.4. The normalized spacial score (nSPS) is 18.3. The minimum Gasteiger partial charge on any atom is -0.369 e. The van der Waals surface area contributed by atoms with Crippen LogP contribution >= 0.6 is 0 Å². The lowest BCUT2D eigenvalue weighted by Gasteiger charge is -2.29. The molecule has 2 aliphatic heterocycles. The van der Waals surface area contributed by atoms with Crippen LogP contribution in [0.2, 0.25) is 0 Å². The van der Waals surface area contributed by atoms with E-state index in [-0.39, 0.29) is 12.5 Å². The van der Waals surface area contributed by atoms with Gasteiger partial charge in [0.25, 0.3) is 0 Å². The number of fused-ring (bicyclic) bond motifs is 1. The van der Waals surface area contributed by atoms with Crippen LogP contribution < -0.4 is 10.6 Å². The average molecular weight is 355 g/mol. The first-order valence-corrected chi connectivity index (χ1v) is 9.15. The molecule has 26 heavy (non-hydrogen) atoms. The standard InChI is InChI=1S/C18H25N7O/c1-23-8-6-13(7-9-23)25-18(21-16(22-25)11-15(19)26)14-4-3-12-5-10-24(2)17(12)20-14/h3-4,13H,5-11H2,1-2H3,(H2,19,26). The van der Waals surface area contributed by atoms with Crippen molar-refractivity contribution in [2.45, 2.75) is 31.7 Å². The van der Waals surface area contributed by atoms with Gasteiger partial charge in [0.1, 0.15) is 11.5 Å². The number of carbonyl (C=O) groups excluding carboxylic acids is 1. The molecule has 8 heteroatoms. The van der Waals surface area contributed by atoms with E-state index >= 15 is 0 Å². The van der Waals surface area contributed by atoms with Crippen LogP contribution in [0.25, 0.3) is 11.5 Å². The zero-order valence-corrected chi connectivity index (χ0v) is 15.4. The quantitative estimate of drug-likeness (QED) is 0.864. The number of nitrogens with two attached hydrogens (primary N) is 1. The minimum absolute atomic E-state index is 0.0530. The summed E-state index contributed by atoms with van der Waals surface area (Å²) in [7, 11) is 4.19. The van der Waals surface area contributed by atoms with Crippen LogP contribution in [-0.2, 0) is 17.6 Å². The second-order valence-electron chi connectivity index (χ2n) is 7.32. The Hall–Kier alpha value is -2.48. The van der Waals surface area contributed by atoms with E-state index in [1.54, 1.807) is 0 Å². The largest absolute Gasteiger partial charge is 0.369 e. The summed E-state index contributed by atoms with van der Waals surface area (Å²) in [5, 5.41) is 4.62. The fourth-order valence-corrected chi connectivity index (χ4v) is 3.79. The van der Waals surface area contributed by atoms with Gasteiger partial charge in [-0.25, -0.2) is 14.6 Å². The van der Waals surface area contributed by atoms with Crippen LogP contribution in [0.4, 0.5) is 5.82 Å². The van der Waals surface area contributed by atoms with Gasteiger partial charge in [0, 0.05) is 13.6 Å². The summed E-state index contributed by atoms with van der Waals surface area (Å²) in [5.74, 6) is 1.80. The number of aromatic nitrogens is 4. The maximum absolute atomic E-state index is 11.3. The number of carbonyl (C=O) groups is 1. The van der Waals surface area contributed by atoms with Gasteiger partial charge in [-0.3, -0.25) is 4.79 Å². The molecule has 8 nitrogen and oxygen atoms in total. The van der Waals surface area contributed by atoms with Gasteiger partial charge in [-0.05, 0) is 51.0 Å². The molecular formula is C18H25N7O. The van der Waals surface area contributed by atoms with Crippen LogP contribution in [-0.4, -0.2) is 64.3 Å². The highest BCUT2D eigenvalue weighted by Gasteiger charge is 2.26. The number of rotatable bonds is 4. The number of anilines is 1. The second kappa shape index (κ2) is 6.68. The van der Waals surface area contributed by atoms with Gasteiger partial charge in [0.2, 0.25) is 5.91 Å². The van der Waals surface area contributed by atoms with Gasteiger partial charge >= 0.3 is 0 Å². The SMILES string of the molecule is CN1CCC(n2nc(CC(N)=O)nc2-c2ccc3c(n2)N(C)CC3)CC1. The Labute approximate surface area is 153 Å². The van der Waals surface area contributed by atoms with Crippen LogP contribution in [0.3, 0.4) is 0 Å². The number of pyridine rings is 1. The third-order valence-corrected chi connectivity index (χ3v) is 5.30. The first kappa shape index (κ1) is 17.0. The molecule has 0 bridgehead atoms. The van der Waals surface area contributed by atoms with E-state index in [1.165, 1.54) is 5.56 Å². The number of nitrogens with zero attached hydrogens (tertiary/aromatic N) is 6. The van der Waals surface area contributed by atoms with Gasteiger partial charge < -0.3 is 15.5 Å². The molecule has 1 fully saturated rings. The number of primary amides is 1. The molecule has 138 valence electrons. The van der Waals surface area contributed by atoms with Crippen molar-refractivity contribution in [1.82, 2.24) is 24.6 Å². The van der Waals surface area contributed by atoms with E-state index in [2.05, 4.69) is 40.0 Å². The lowest BCUT2D eigenvalue weighted by atomic mass is 10.1. The number of likely N-dealkylation sites (N-methyl/N-ethyl adjacent to an activating group) is 1. The number of hydrogen-bond acceptors (Lipinski definition) is 6. The molecule has 0 atom stereocenters. The fraction of sp³-hybridized carbons (Fsp3) is 0.556. The fourth-order valence-electron chi connectivity index (χ4n) is 3.79. The summed E-state index contributed by atoms with van der Waals surface area (Å²) in [6.07, 6.45) is 3.09. The first-order valence-electron chi connectivity index (χ1n) is 9.15. The average Bonchev–Trinajstić information content (AvgIpc) is 3.19. The van der Waals surface area contributed by atoms with E-state index in [1.807, 2.05) is 10.7 Å². The van der Waals surface area contributed by atoms with Crippen LogP contribution in [0.15, 0.2) is 12.1 Å². The zero-order chi connectivity index (χ0) is 18.3. The molecule has 0 aromatic carbocycles. The monoisotopic (exact) mass is 355 g/mol. The second-order valence-corrected chi connectivity index (χ2v) is 7.32. The highest BCUT2D eigenvalue weighted by atomic mass is 16.1. The number of hydrogen-bond donors (Lipinski definition) is 1. The van der Waals surface area contributed by atoms with E-state index in [0.29, 0.717) is 5.82 Å². The number of amides is 1. The Bertz CT molecular complexity index is 823. The molecule has 1 amide bonds. The molecule has 1 saturated heterocycles. The number of piperidine rings is 1. The van der Waals surface area contributed by atoms with Crippen molar-refractivity contribution < 1.29 is 4.79 Å². The summed E-state index contributed by atoms with van der Waals surface area (Å²) < 4.78 is 1.97. The molecule has 2 N–H and O–H groups in total. The lowest BCUT2D eigenvalue weighted by Crippen LogP contribution is -2.32. The van der Waals surface area contributed by atoms with Crippen molar-refractivity contribution in [2.24, 2.45) is 5.73 Å². The molecule has 2 aromatic heterocycles. The summed E-state index contributed by atoms with van der Waals surface area (Å²) in [6.45, 7) is 3.03. The summed E-state index contributed by atoms with van der Waals surface area (Å²) in [4.78, 5) is 25.3. The Balaban J connectivity index is 1.73. The Morgan fingerprint density at radius 3 is 2.69 bits per heavy atom. The molecule has 4 rings (SSSR count). The maximum Gasteiger partial charge on any atom is 0.225 e. The smallest absolute Gasteiger partial charge is 0.225 e. The van der Waals surface area contributed by atoms with Gasteiger partial charge in [-0.1, -0.05) is 6.07 Å². The highest BCUT2D eigenvalue weighted by molar-refractivity contribution is 5.75. The van der Waals surface area contributed by atoms with E-state index in [9.17, 15) is 4.79 Å². The Morgan fingerprint density at radius 1 is 1.19 bits per heavy atom. The van der Waals surface area contributed by atoms with Gasteiger partial charge in [-0.2, -0.15) is 5.10 Å². The predicted molar refractivity (Wildman–Crippen MR) is 98.9 cm³/mol. The van der Waals surface area contributed by atoms with Gasteiger partial charge in [-0.15, -0.1) is 0 Å². The molecule has 0 saturated carbocycles. The third-order valence-electron chi connectivity index (χ3n) is 5.30. The lowest BCUT2D eigenvalue weighted by molar-refractivity contribution is -0.117. The molecular weight excluding hydrogens is 330 g/mol. The molecule has 2 aliphatic rings. The van der Waals surface area contributed by atoms with E-state index in [0.717, 1.165) is 56.2 Å². The molecule has 4 heterocycles. The molecule has 0 spiro atoms. The van der Waals surface area contributed by atoms with Crippen molar-refractivity contribution in [3.8, 4) is 11.5 Å².